The Morgan fingerprint density at radius 3 is 2.12 bits per heavy atom. The summed E-state index contributed by atoms with van der Waals surface area (Å²) in [7, 11) is -6.00. The highest BCUT2D eigenvalue weighted by Gasteiger charge is 2.20. The molecule has 0 bridgehead atoms. The summed E-state index contributed by atoms with van der Waals surface area (Å²) >= 11 is 0. The summed E-state index contributed by atoms with van der Waals surface area (Å²) in [6.07, 6.45) is 9.50. The van der Waals surface area contributed by atoms with Gasteiger partial charge in [0.15, 0.2) is 0 Å². The molecule has 0 radical (unpaired) electrons. The molecule has 16 heavy (non-hydrogen) atoms. The van der Waals surface area contributed by atoms with Crippen LogP contribution in [0.4, 0.5) is 17.3 Å². The van der Waals surface area contributed by atoms with Gasteiger partial charge in [0.2, 0.25) is 0 Å². The third kappa shape index (κ3) is 8.32. The van der Waals surface area contributed by atoms with Crippen LogP contribution in [-0.2, 0) is 0 Å². The molecule has 0 saturated heterocycles. The van der Waals surface area contributed by atoms with Gasteiger partial charge in [0.25, 0.3) is 0 Å². The van der Waals surface area contributed by atoms with Crippen LogP contribution in [0.2, 0.25) is 0 Å². The summed E-state index contributed by atoms with van der Waals surface area (Å²) in [5, 5.41) is 0. The summed E-state index contributed by atoms with van der Waals surface area (Å²) in [5.41, 5.74) is 0. The SMILES string of the molecule is CCCC(CC)n1ccnc1.F[B-](F)(F)F. The van der Waals surface area contributed by atoms with Crippen LogP contribution in [0, 0.1) is 0 Å². The number of hydrogen-bond acceptors (Lipinski definition) is 1. The van der Waals surface area contributed by atoms with E-state index in [1.54, 1.807) is 0 Å². The first-order chi connectivity index (χ1) is 7.38. The monoisotopic (exact) mass is 239 g/mol. The van der Waals surface area contributed by atoms with Crippen LogP contribution in [0.25, 0.3) is 0 Å². The lowest BCUT2D eigenvalue weighted by atomic mass is 10.1. The quantitative estimate of drug-likeness (QED) is 0.574. The van der Waals surface area contributed by atoms with Gasteiger partial charge in [-0.05, 0) is 12.8 Å². The minimum atomic E-state index is -6.00. The highest BCUT2D eigenvalue weighted by Crippen LogP contribution is 2.16. The van der Waals surface area contributed by atoms with Gasteiger partial charge in [-0.3, -0.25) is 0 Å². The van der Waals surface area contributed by atoms with E-state index < -0.39 is 7.25 Å². The van der Waals surface area contributed by atoms with E-state index in [-0.39, 0.29) is 0 Å². The molecule has 0 saturated carbocycles. The Morgan fingerprint density at radius 2 is 1.81 bits per heavy atom. The van der Waals surface area contributed by atoms with Gasteiger partial charge in [0.1, 0.15) is 0 Å². The van der Waals surface area contributed by atoms with E-state index in [4.69, 9.17) is 0 Å². The van der Waals surface area contributed by atoms with Gasteiger partial charge in [-0.2, -0.15) is 0 Å². The zero-order chi connectivity index (χ0) is 12.6. The third-order valence-electron chi connectivity index (χ3n) is 2.04. The minimum absolute atomic E-state index is 0.655. The van der Waals surface area contributed by atoms with Gasteiger partial charge in [-0.15, -0.1) is 0 Å². The molecule has 1 atom stereocenters. The molecule has 0 amide bonds. The van der Waals surface area contributed by atoms with Gasteiger partial charge >= 0.3 is 7.25 Å². The van der Waals surface area contributed by atoms with Crippen molar-refractivity contribution >= 4 is 7.25 Å². The van der Waals surface area contributed by atoms with Crippen LogP contribution in [0.3, 0.4) is 0 Å². The molecule has 0 aliphatic rings. The van der Waals surface area contributed by atoms with Crippen molar-refractivity contribution in [2.75, 3.05) is 0 Å². The largest absolute Gasteiger partial charge is 0.673 e. The summed E-state index contributed by atoms with van der Waals surface area (Å²) < 4.78 is 41.2. The molecule has 1 unspecified atom stereocenters. The Labute approximate surface area is 92.8 Å². The van der Waals surface area contributed by atoms with E-state index in [1.165, 1.54) is 19.3 Å². The second-order valence-electron chi connectivity index (χ2n) is 3.36. The fourth-order valence-corrected chi connectivity index (χ4v) is 1.38. The summed E-state index contributed by atoms with van der Waals surface area (Å²) in [4.78, 5) is 4.04. The Morgan fingerprint density at radius 1 is 1.25 bits per heavy atom. The number of imidazole rings is 1. The van der Waals surface area contributed by atoms with Crippen molar-refractivity contribution in [2.24, 2.45) is 0 Å². The third-order valence-corrected chi connectivity index (χ3v) is 2.04. The molecular formula is C9H16BF4N2-. The van der Waals surface area contributed by atoms with Crippen LogP contribution in [0.5, 0.6) is 0 Å². The molecule has 94 valence electrons. The lowest BCUT2D eigenvalue weighted by Gasteiger charge is -2.14. The minimum Gasteiger partial charge on any atom is -0.418 e. The molecule has 0 aliphatic carbocycles. The molecule has 0 spiro atoms. The normalized spacial score (nSPS) is 12.9. The zero-order valence-electron chi connectivity index (χ0n) is 9.41. The lowest BCUT2D eigenvalue weighted by molar-refractivity contribution is 0.368. The number of halogens is 4. The maximum absolute atomic E-state index is 9.75. The topological polar surface area (TPSA) is 17.8 Å². The Bertz CT molecular complexity index is 255. The van der Waals surface area contributed by atoms with Crippen molar-refractivity contribution in [3.05, 3.63) is 18.7 Å². The van der Waals surface area contributed by atoms with Gasteiger partial charge in [-0.25, -0.2) is 4.98 Å². The molecule has 1 aromatic heterocycles. The van der Waals surface area contributed by atoms with Crippen LogP contribution >= 0.6 is 0 Å². The van der Waals surface area contributed by atoms with Crippen molar-refractivity contribution in [2.45, 2.75) is 39.2 Å². The van der Waals surface area contributed by atoms with Crippen LogP contribution in [0.15, 0.2) is 18.7 Å². The Hall–Kier alpha value is -1.01. The molecular weight excluding hydrogens is 223 g/mol. The van der Waals surface area contributed by atoms with E-state index in [0.29, 0.717) is 6.04 Å². The highest BCUT2D eigenvalue weighted by molar-refractivity contribution is 6.50. The van der Waals surface area contributed by atoms with Crippen LogP contribution in [0.1, 0.15) is 39.2 Å². The predicted molar refractivity (Wildman–Crippen MR) is 56.6 cm³/mol. The Kier molecular flexibility index (Phi) is 6.84. The lowest BCUT2D eigenvalue weighted by Crippen LogP contribution is -2.04. The average molecular weight is 239 g/mol. The number of nitrogens with zero attached hydrogens (tertiary/aromatic N) is 2. The molecule has 0 aromatic carbocycles. The maximum Gasteiger partial charge on any atom is 0.673 e. The zero-order valence-corrected chi connectivity index (χ0v) is 9.41. The average Bonchev–Trinajstić information content (AvgIpc) is 2.64. The number of rotatable bonds is 4. The van der Waals surface area contributed by atoms with E-state index in [1.807, 2.05) is 18.7 Å². The standard InChI is InChI=1S/C9H16N2.BF4/c1-3-5-9(4-2)11-7-6-10-8-11;2-1(3,4)5/h6-9H,3-5H2,1-2H3;/q;-1. The summed E-state index contributed by atoms with van der Waals surface area (Å²) in [6.45, 7) is 4.44. The first-order valence-electron chi connectivity index (χ1n) is 5.23. The summed E-state index contributed by atoms with van der Waals surface area (Å²) in [5.74, 6) is 0. The van der Waals surface area contributed by atoms with Crippen molar-refractivity contribution < 1.29 is 17.3 Å². The number of aromatic nitrogens is 2. The first-order valence-corrected chi connectivity index (χ1v) is 5.23. The van der Waals surface area contributed by atoms with Crippen LogP contribution in [-0.4, -0.2) is 16.8 Å². The van der Waals surface area contributed by atoms with Crippen molar-refractivity contribution in [1.29, 1.82) is 0 Å². The molecule has 2 nitrogen and oxygen atoms in total. The van der Waals surface area contributed by atoms with Crippen molar-refractivity contribution in [3.63, 3.8) is 0 Å². The van der Waals surface area contributed by atoms with Crippen LogP contribution < -0.4 is 0 Å². The maximum atomic E-state index is 9.75. The Balaban J connectivity index is 0.000000385. The van der Waals surface area contributed by atoms with Gasteiger partial charge in [0, 0.05) is 18.4 Å². The summed E-state index contributed by atoms with van der Waals surface area (Å²) in [6, 6.07) is 0.655. The van der Waals surface area contributed by atoms with E-state index in [2.05, 4.69) is 23.4 Å². The second-order valence-corrected chi connectivity index (χ2v) is 3.36. The molecule has 1 heterocycles. The van der Waals surface area contributed by atoms with Crippen molar-refractivity contribution in [3.8, 4) is 0 Å². The first kappa shape index (κ1) is 15.0. The number of hydrogen-bond donors (Lipinski definition) is 0. The molecule has 7 heteroatoms. The fourth-order valence-electron chi connectivity index (χ4n) is 1.38. The van der Waals surface area contributed by atoms with Gasteiger partial charge in [0.05, 0.1) is 6.33 Å². The van der Waals surface area contributed by atoms with Gasteiger partial charge < -0.3 is 21.8 Å². The van der Waals surface area contributed by atoms with E-state index >= 15 is 0 Å². The molecule has 0 fully saturated rings. The highest BCUT2D eigenvalue weighted by atomic mass is 19.5. The van der Waals surface area contributed by atoms with Gasteiger partial charge in [-0.1, -0.05) is 20.3 Å². The molecule has 1 aromatic rings. The molecule has 0 aliphatic heterocycles. The fraction of sp³-hybridized carbons (Fsp3) is 0.667. The molecule has 1 rings (SSSR count). The van der Waals surface area contributed by atoms with E-state index in [0.717, 1.165) is 0 Å². The predicted octanol–water partition coefficient (Wildman–Crippen LogP) is 3.93. The second kappa shape index (κ2) is 7.30. The van der Waals surface area contributed by atoms with Crippen molar-refractivity contribution in [1.82, 2.24) is 9.55 Å². The molecule has 0 N–H and O–H groups in total. The smallest absolute Gasteiger partial charge is 0.418 e. The van der Waals surface area contributed by atoms with E-state index in [9.17, 15) is 17.3 Å².